The molecule has 0 radical (unpaired) electrons. The van der Waals surface area contributed by atoms with Crippen LogP contribution in [0.5, 0.6) is 5.88 Å². The van der Waals surface area contributed by atoms with Gasteiger partial charge in [-0.05, 0) is 28.7 Å². The van der Waals surface area contributed by atoms with Crippen LogP contribution in [0.15, 0.2) is 24.5 Å². The van der Waals surface area contributed by atoms with Crippen molar-refractivity contribution in [3.63, 3.8) is 0 Å². The molecule has 0 bridgehead atoms. The number of halogens is 2. The van der Waals surface area contributed by atoms with Gasteiger partial charge in [0.25, 0.3) is 0 Å². The number of hydrogen-bond acceptors (Lipinski definition) is 3. The average Bonchev–Trinajstić information content (AvgIpc) is 2.65. The Morgan fingerprint density at radius 1 is 1.53 bits per heavy atom. The van der Waals surface area contributed by atoms with E-state index in [9.17, 15) is 0 Å². The van der Waals surface area contributed by atoms with E-state index in [0.717, 1.165) is 9.39 Å². The number of pyridine rings is 1. The Bertz CT molecular complexity index is 486. The maximum atomic E-state index is 6.02. The lowest BCUT2D eigenvalue weighted by Crippen LogP contribution is -1.98. The summed E-state index contributed by atoms with van der Waals surface area (Å²) in [6, 6.07) is 3.63. The lowest BCUT2D eigenvalue weighted by atomic mass is 10.4. The standard InChI is InChI=1S/C9H7ClIN3O/c1-15-9-4-7(6(10)5-12-9)14-3-2-8(11)13-14/h2-5H,1H3. The Morgan fingerprint density at radius 2 is 2.33 bits per heavy atom. The third-order valence-corrected chi connectivity index (χ3v) is 2.69. The molecule has 0 saturated carbocycles. The molecular formula is C9H7ClIN3O. The van der Waals surface area contributed by atoms with Gasteiger partial charge in [0.15, 0.2) is 0 Å². The first-order valence-corrected chi connectivity index (χ1v) is 5.57. The SMILES string of the molecule is COc1cc(-n2ccc(I)n2)c(Cl)cn1. The molecule has 0 fully saturated rings. The van der Waals surface area contributed by atoms with Crippen molar-refractivity contribution in [3.8, 4) is 11.6 Å². The van der Waals surface area contributed by atoms with Crippen LogP contribution >= 0.6 is 34.2 Å². The number of methoxy groups -OCH3 is 1. The zero-order valence-electron chi connectivity index (χ0n) is 7.82. The van der Waals surface area contributed by atoms with Crippen LogP contribution in [0.25, 0.3) is 5.69 Å². The summed E-state index contributed by atoms with van der Waals surface area (Å²) in [5, 5.41) is 4.79. The molecule has 0 spiro atoms. The first-order chi connectivity index (χ1) is 7.20. The van der Waals surface area contributed by atoms with Crippen molar-refractivity contribution in [2.45, 2.75) is 0 Å². The molecule has 6 heteroatoms. The van der Waals surface area contributed by atoms with E-state index in [-0.39, 0.29) is 0 Å². The lowest BCUT2D eigenvalue weighted by Gasteiger charge is -2.05. The molecule has 0 unspecified atom stereocenters. The van der Waals surface area contributed by atoms with Crippen molar-refractivity contribution >= 4 is 34.2 Å². The highest BCUT2D eigenvalue weighted by atomic mass is 127. The van der Waals surface area contributed by atoms with E-state index in [1.807, 2.05) is 12.3 Å². The number of hydrogen-bond donors (Lipinski definition) is 0. The van der Waals surface area contributed by atoms with E-state index in [1.54, 1.807) is 24.1 Å². The molecule has 0 amide bonds. The molecule has 0 aliphatic rings. The summed E-state index contributed by atoms with van der Waals surface area (Å²) in [6.45, 7) is 0. The Morgan fingerprint density at radius 3 is 2.93 bits per heavy atom. The first-order valence-electron chi connectivity index (χ1n) is 4.12. The Hall–Kier alpha value is -0.820. The van der Waals surface area contributed by atoms with Gasteiger partial charge in [-0.15, -0.1) is 0 Å². The summed E-state index contributed by atoms with van der Waals surface area (Å²) < 4.78 is 7.62. The fraction of sp³-hybridized carbons (Fsp3) is 0.111. The van der Waals surface area contributed by atoms with Gasteiger partial charge in [-0.3, -0.25) is 0 Å². The minimum atomic E-state index is 0.514. The average molecular weight is 336 g/mol. The third-order valence-electron chi connectivity index (χ3n) is 1.82. The van der Waals surface area contributed by atoms with Crippen LogP contribution < -0.4 is 4.74 Å². The smallest absolute Gasteiger partial charge is 0.215 e. The number of nitrogens with zero attached hydrogens (tertiary/aromatic N) is 3. The fourth-order valence-corrected chi connectivity index (χ4v) is 1.72. The molecular weight excluding hydrogens is 328 g/mol. The van der Waals surface area contributed by atoms with Gasteiger partial charge in [0.2, 0.25) is 5.88 Å². The van der Waals surface area contributed by atoms with Gasteiger partial charge in [0, 0.05) is 12.3 Å². The van der Waals surface area contributed by atoms with E-state index >= 15 is 0 Å². The fourth-order valence-electron chi connectivity index (χ4n) is 1.13. The molecule has 78 valence electrons. The minimum absolute atomic E-state index is 0.514. The summed E-state index contributed by atoms with van der Waals surface area (Å²) in [5.74, 6) is 0.514. The van der Waals surface area contributed by atoms with Crippen molar-refractivity contribution in [2.75, 3.05) is 7.11 Å². The normalized spacial score (nSPS) is 10.3. The molecule has 0 saturated heterocycles. The van der Waals surface area contributed by atoms with E-state index in [4.69, 9.17) is 16.3 Å². The molecule has 2 aromatic heterocycles. The summed E-state index contributed by atoms with van der Waals surface area (Å²) in [4.78, 5) is 3.99. The minimum Gasteiger partial charge on any atom is -0.481 e. The van der Waals surface area contributed by atoms with Crippen LogP contribution in [0, 0.1) is 3.70 Å². The maximum Gasteiger partial charge on any atom is 0.215 e. The van der Waals surface area contributed by atoms with E-state index < -0.39 is 0 Å². The van der Waals surface area contributed by atoms with Crippen LogP contribution in [0.3, 0.4) is 0 Å². The summed E-state index contributed by atoms with van der Waals surface area (Å²) in [7, 11) is 1.56. The molecule has 0 N–H and O–H groups in total. The monoisotopic (exact) mass is 335 g/mol. The van der Waals surface area contributed by atoms with E-state index in [1.165, 1.54) is 0 Å². The van der Waals surface area contributed by atoms with Crippen molar-refractivity contribution in [3.05, 3.63) is 33.2 Å². The molecule has 0 aliphatic heterocycles. The van der Waals surface area contributed by atoms with Gasteiger partial charge < -0.3 is 4.74 Å². The second kappa shape index (κ2) is 4.36. The van der Waals surface area contributed by atoms with Crippen molar-refractivity contribution in [1.29, 1.82) is 0 Å². The third kappa shape index (κ3) is 2.23. The highest BCUT2D eigenvalue weighted by molar-refractivity contribution is 14.1. The Labute approximate surface area is 105 Å². The highest BCUT2D eigenvalue weighted by Crippen LogP contribution is 2.22. The molecule has 4 nitrogen and oxygen atoms in total. The van der Waals surface area contributed by atoms with Gasteiger partial charge >= 0.3 is 0 Å². The van der Waals surface area contributed by atoms with Crippen molar-refractivity contribution in [2.24, 2.45) is 0 Å². The summed E-state index contributed by atoms with van der Waals surface area (Å²) in [5.41, 5.74) is 0.756. The zero-order chi connectivity index (χ0) is 10.8. The maximum absolute atomic E-state index is 6.02. The molecule has 2 heterocycles. The second-order valence-electron chi connectivity index (χ2n) is 2.76. The topological polar surface area (TPSA) is 39.9 Å². The van der Waals surface area contributed by atoms with Gasteiger partial charge in [0.1, 0.15) is 3.70 Å². The van der Waals surface area contributed by atoms with E-state index in [0.29, 0.717) is 10.9 Å². The van der Waals surface area contributed by atoms with Crippen LogP contribution in [0.1, 0.15) is 0 Å². The number of ether oxygens (including phenoxy) is 1. The molecule has 0 aliphatic carbocycles. The Balaban J connectivity index is 2.51. The second-order valence-corrected chi connectivity index (χ2v) is 4.27. The van der Waals surface area contributed by atoms with E-state index in [2.05, 4.69) is 32.7 Å². The van der Waals surface area contributed by atoms with Crippen LogP contribution in [0.2, 0.25) is 5.02 Å². The van der Waals surface area contributed by atoms with Gasteiger partial charge in [-0.25, -0.2) is 9.67 Å². The quantitative estimate of drug-likeness (QED) is 0.792. The van der Waals surface area contributed by atoms with Gasteiger partial charge in [-0.2, -0.15) is 5.10 Å². The predicted molar refractivity (Wildman–Crippen MR) is 65.6 cm³/mol. The largest absolute Gasteiger partial charge is 0.481 e. The Kier molecular flexibility index (Phi) is 3.11. The summed E-state index contributed by atoms with van der Waals surface area (Å²) >= 11 is 8.15. The summed E-state index contributed by atoms with van der Waals surface area (Å²) in [6.07, 6.45) is 3.38. The predicted octanol–water partition coefficient (Wildman–Crippen LogP) is 2.53. The molecule has 0 atom stereocenters. The van der Waals surface area contributed by atoms with Crippen LogP contribution in [0.4, 0.5) is 0 Å². The molecule has 15 heavy (non-hydrogen) atoms. The lowest BCUT2D eigenvalue weighted by molar-refractivity contribution is 0.397. The zero-order valence-corrected chi connectivity index (χ0v) is 10.7. The molecule has 0 aromatic carbocycles. The molecule has 2 aromatic rings. The van der Waals surface area contributed by atoms with Crippen molar-refractivity contribution in [1.82, 2.24) is 14.8 Å². The first kappa shape index (κ1) is 10.7. The van der Waals surface area contributed by atoms with Gasteiger partial charge in [-0.1, -0.05) is 11.6 Å². The molecule has 2 rings (SSSR count). The number of aromatic nitrogens is 3. The van der Waals surface area contributed by atoms with Crippen molar-refractivity contribution < 1.29 is 4.74 Å². The highest BCUT2D eigenvalue weighted by Gasteiger charge is 2.06. The van der Waals surface area contributed by atoms with Gasteiger partial charge in [0.05, 0.1) is 24.0 Å². The van der Waals surface area contributed by atoms with Crippen LogP contribution in [-0.2, 0) is 0 Å². The van der Waals surface area contributed by atoms with Crippen LogP contribution in [-0.4, -0.2) is 21.9 Å². The number of rotatable bonds is 2.